The van der Waals surface area contributed by atoms with Gasteiger partial charge in [-0.2, -0.15) is 0 Å². The molecule has 5 heteroatoms. The number of rotatable bonds is 2. The Morgan fingerprint density at radius 2 is 1.91 bits per heavy atom. The molecule has 0 radical (unpaired) electrons. The standard InChI is InChI=1S/C17H28O5/c1-5-18-14-11(3)13-7-6-10(2)12-8-9-16(4)20-15(19-14)17(12,13)22-21-16/h10-15H,5-9H2,1-4H3/t10?,11?,12-,13+,14?,15-,16-,17-/m1/s1. The van der Waals surface area contributed by atoms with Gasteiger partial charge in [0.05, 0.1) is 0 Å². The average Bonchev–Trinajstić information content (AvgIpc) is 2.71. The third-order valence-corrected chi connectivity index (χ3v) is 6.43. The molecule has 4 heterocycles. The third kappa shape index (κ3) is 1.96. The van der Waals surface area contributed by atoms with E-state index in [1.54, 1.807) is 0 Å². The molecule has 0 N–H and O–H groups in total. The van der Waals surface area contributed by atoms with Gasteiger partial charge in [-0.1, -0.05) is 13.8 Å². The van der Waals surface area contributed by atoms with Crippen molar-refractivity contribution in [3.05, 3.63) is 0 Å². The predicted molar refractivity (Wildman–Crippen MR) is 78.5 cm³/mol. The Hall–Kier alpha value is -0.200. The van der Waals surface area contributed by atoms with Gasteiger partial charge in [-0.3, -0.25) is 0 Å². The normalized spacial score (nSPS) is 57.3. The molecule has 22 heavy (non-hydrogen) atoms. The Bertz CT molecular complexity index is 443. The smallest absolute Gasteiger partial charge is 0.201 e. The lowest BCUT2D eigenvalue weighted by atomic mass is 9.58. The van der Waals surface area contributed by atoms with Crippen LogP contribution in [-0.2, 0) is 24.0 Å². The van der Waals surface area contributed by atoms with Crippen molar-refractivity contribution in [2.75, 3.05) is 6.61 Å². The topological polar surface area (TPSA) is 46.2 Å². The maximum atomic E-state index is 6.25. The molecule has 0 aromatic rings. The maximum absolute atomic E-state index is 6.25. The Labute approximate surface area is 132 Å². The first kappa shape index (κ1) is 15.3. The van der Waals surface area contributed by atoms with Crippen molar-refractivity contribution in [3.63, 3.8) is 0 Å². The molecule has 8 atom stereocenters. The summed E-state index contributed by atoms with van der Waals surface area (Å²) in [6.45, 7) is 9.15. The van der Waals surface area contributed by atoms with Crippen molar-refractivity contribution in [2.45, 2.75) is 77.3 Å². The Balaban J connectivity index is 1.75. The molecule has 1 spiro atoms. The molecule has 126 valence electrons. The van der Waals surface area contributed by atoms with E-state index in [9.17, 15) is 0 Å². The number of fused-ring (bicyclic) bond motifs is 2. The highest BCUT2D eigenvalue weighted by Gasteiger charge is 2.69. The third-order valence-electron chi connectivity index (χ3n) is 6.43. The van der Waals surface area contributed by atoms with Crippen LogP contribution in [0.5, 0.6) is 0 Å². The minimum absolute atomic E-state index is 0.216. The van der Waals surface area contributed by atoms with Gasteiger partial charge in [-0.25, -0.2) is 9.78 Å². The van der Waals surface area contributed by atoms with Crippen LogP contribution in [0.25, 0.3) is 0 Å². The van der Waals surface area contributed by atoms with Gasteiger partial charge in [-0.15, -0.1) is 0 Å². The first-order valence-corrected chi connectivity index (χ1v) is 8.82. The van der Waals surface area contributed by atoms with Crippen LogP contribution in [0.15, 0.2) is 0 Å². The molecule has 2 bridgehead atoms. The second kappa shape index (κ2) is 5.15. The van der Waals surface area contributed by atoms with E-state index in [0.29, 0.717) is 24.4 Å². The lowest BCUT2D eigenvalue weighted by Crippen LogP contribution is -2.70. The molecule has 0 aromatic carbocycles. The number of hydrogen-bond acceptors (Lipinski definition) is 5. The van der Waals surface area contributed by atoms with E-state index in [1.807, 2.05) is 13.8 Å². The minimum Gasteiger partial charge on any atom is -0.353 e. The molecular weight excluding hydrogens is 284 g/mol. The monoisotopic (exact) mass is 312 g/mol. The van der Waals surface area contributed by atoms with Gasteiger partial charge in [0.1, 0.15) is 0 Å². The quantitative estimate of drug-likeness (QED) is 0.733. The van der Waals surface area contributed by atoms with Gasteiger partial charge in [0.25, 0.3) is 0 Å². The van der Waals surface area contributed by atoms with Crippen LogP contribution >= 0.6 is 0 Å². The molecule has 5 nitrogen and oxygen atoms in total. The fraction of sp³-hybridized carbons (Fsp3) is 1.00. The van der Waals surface area contributed by atoms with Gasteiger partial charge in [0.2, 0.25) is 5.79 Å². The molecule has 4 saturated heterocycles. The van der Waals surface area contributed by atoms with E-state index in [0.717, 1.165) is 19.3 Å². The first-order valence-electron chi connectivity index (χ1n) is 8.82. The summed E-state index contributed by atoms with van der Waals surface area (Å²) in [4.78, 5) is 11.9. The zero-order chi connectivity index (χ0) is 15.5. The molecule has 5 fully saturated rings. The lowest BCUT2D eigenvalue weighted by molar-refractivity contribution is -0.577. The molecule has 3 unspecified atom stereocenters. The predicted octanol–water partition coefficient (Wildman–Crippen LogP) is 3.23. The van der Waals surface area contributed by atoms with Crippen molar-refractivity contribution in [1.82, 2.24) is 0 Å². The van der Waals surface area contributed by atoms with Crippen molar-refractivity contribution in [2.24, 2.45) is 23.7 Å². The van der Waals surface area contributed by atoms with Crippen molar-refractivity contribution < 1.29 is 24.0 Å². The molecular formula is C17H28O5. The maximum Gasteiger partial charge on any atom is 0.201 e. The summed E-state index contributed by atoms with van der Waals surface area (Å²) < 4.78 is 18.3. The molecule has 1 aliphatic carbocycles. The Kier molecular flexibility index (Phi) is 3.59. The van der Waals surface area contributed by atoms with Crippen LogP contribution in [-0.4, -0.2) is 30.6 Å². The zero-order valence-corrected chi connectivity index (χ0v) is 14.0. The molecule has 5 rings (SSSR count). The van der Waals surface area contributed by atoms with E-state index in [1.165, 1.54) is 6.42 Å². The molecule has 0 amide bonds. The highest BCUT2D eigenvalue weighted by Crippen LogP contribution is 2.60. The van der Waals surface area contributed by atoms with Gasteiger partial charge in [0.15, 0.2) is 18.2 Å². The van der Waals surface area contributed by atoms with Crippen LogP contribution < -0.4 is 0 Å². The van der Waals surface area contributed by atoms with Gasteiger partial charge in [-0.05, 0) is 44.9 Å². The van der Waals surface area contributed by atoms with Gasteiger partial charge >= 0.3 is 0 Å². The van der Waals surface area contributed by atoms with Crippen LogP contribution in [0.4, 0.5) is 0 Å². The fourth-order valence-electron chi connectivity index (χ4n) is 5.23. The fourth-order valence-corrected chi connectivity index (χ4v) is 5.23. The zero-order valence-electron chi connectivity index (χ0n) is 14.0. The molecule has 0 aromatic heterocycles. The van der Waals surface area contributed by atoms with Crippen molar-refractivity contribution in [1.29, 1.82) is 0 Å². The summed E-state index contributed by atoms with van der Waals surface area (Å²) in [6.07, 6.45) is 3.66. The highest BCUT2D eigenvalue weighted by molar-refractivity contribution is 5.09. The second-order valence-electron chi connectivity index (χ2n) is 7.73. The summed E-state index contributed by atoms with van der Waals surface area (Å²) in [5, 5.41) is 0. The Morgan fingerprint density at radius 3 is 2.68 bits per heavy atom. The molecule has 4 aliphatic heterocycles. The molecule has 5 aliphatic rings. The Morgan fingerprint density at radius 1 is 1.09 bits per heavy atom. The first-order chi connectivity index (χ1) is 10.5. The lowest BCUT2D eigenvalue weighted by Gasteiger charge is -2.60. The number of hydrogen-bond donors (Lipinski definition) is 0. The average molecular weight is 312 g/mol. The van der Waals surface area contributed by atoms with Crippen LogP contribution in [0.3, 0.4) is 0 Å². The van der Waals surface area contributed by atoms with E-state index in [2.05, 4.69) is 13.8 Å². The van der Waals surface area contributed by atoms with E-state index in [4.69, 9.17) is 24.0 Å². The van der Waals surface area contributed by atoms with E-state index in [-0.39, 0.29) is 18.5 Å². The van der Waals surface area contributed by atoms with Crippen LogP contribution in [0, 0.1) is 23.7 Å². The van der Waals surface area contributed by atoms with Crippen molar-refractivity contribution in [3.8, 4) is 0 Å². The minimum atomic E-state index is -0.700. The summed E-state index contributed by atoms with van der Waals surface area (Å²) in [7, 11) is 0. The SMILES string of the molecule is CCOC1O[C@@H]2O[C@@]3(C)CC[C@@H]4C(C)CC[C@@H](C1C)[C@@]24OO3. The second-order valence-corrected chi connectivity index (χ2v) is 7.73. The largest absolute Gasteiger partial charge is 0.353 e. The summed E-state index contributed by atoms with van der Waals surface area (Å²) >= 11 is 0. The van der Waals surface area contributed by atoms with Crippen LogP contribution in [0.2, 0.25) is 0 Å². The number of ether oxygens (including phenoxy) is 3. The van der Waals surface area contributed by atoms with Crippen molar-refractivity contribution >= 4 is 0 Å². The van der Waals surface area contributed by atoms with Gasteiger partial charge < -0.3 is 14.2 Å². The summed E-state index contributed by atoms with van der Waals surface area (Å²) in [6, 6.07) is 0. The summed E-state index contributed by atoms with van der Waals surface area (Å²) in [5.41, 5.74) is -0.472. The highest BCUT2D eigenvalue weighted by atomic mass is 17.3. The van der Waals surface area contributed by atoms with Crippen LogP contribution in [0.1, 0.15) is 53.4 Å². The van der Waals surface area contributed by atoms with Gasteiger partial charge in [0, 0.05) is 24.9 Å². The molecule has 1 saturated carbocycles. The van der Waals surface area contributed by atoms with E-state index >= 15 is 0 Å². The van der Waals surface area contributed by atoms with E-state index < -0.39 is 11.4 Å². The summed E-state index contributed by atoms with van der Waals surface area (Å²) in [5.74, 6) is 0.957.